The van der Waals surface area contributed by atoms with Crippen LogP contribution in [-0.2, 0) is 14.6 Å². The molecule has 0 N–H and O–H groups in total. The highest BCUT2D eigenvalue weighted by molar-refractivity contribution is 7.92. The lowest BCUT2D eigenvalue weighted by molar-refractivity contribution is 0.164. The summed E-state index contributed by atoms with van der Waals surface area (Å²) in [6.45, 7) is 0.167. The van der Waals surface area contributed by atoms with Crippen LogP contribution in [0.2, 0.25) is 0 Å². The maximum atomic E-state index is 12.2. The van der Waals surface area contributed by atoms with Gasteiger partial charge in [-0.15, -0.1) is 0 Å². The van der Waals surface area contributed by atoms with Gasteiger partial charge in [-0.2, -0.15) is 5.26 Å². The standard InChI is InChI=1S/C12H13NO3S/c1-16-9-12(8-13)7-11(12)17(14,15)10-5-3-2-4-6-10/h2-6,11H,7,9H2,1H3/t11-,12-/m1/s1. The normalized spacial score (nSPS) is 27.4. The van der Waals surface area contributed by atoms with Gasteiger partial charge in [0.05, 0.1) is 28.2 Å². The molecule has 1 aliphatic rings. The topological polar surface area (TPSA) is 67.2 Å². The van der Waals surface area contributed by atoms with Gasteiger partial charge in [0.1, 0.15) is 0 Å². The molecule has 1 saturated carbocycles. The molecule has 0 unspecified atom stereocenters. The molecule has 90 valence electrons. The lowest BCUT2D eigenvalue weighted by Gasteiger charge is -2.08. The molecule has 0 saturated heterocycles. The summed E-state index contributed by atoms with van der Waals surface area (Å²) in [5, 5.41) is 8.44. The first-order chi connectivity index (χ1) is 8.07. The number of rotatable bonds is 4. The Morgan fingerprint density at radius 1 is 1.47 bits per heavy atom. The van der Waals surface area contributed by atoms with Gasteiger partial charge in [-0.25, -0.2) is 8.42 Å². The van der Waals surface area contributed by atoms with Crippen LogP contribution in [0.1, 0.15) is 6.42 Å². The molecule has 0 radical (unpaired) electrons. The Kier molecular flexibility index (Phi) is 2.94. The van der Waals surface area contributed by atoms with Crippen molar-refractivity contribution in [1.82, 2.24) is 0 Å². The second-order valence-corrected chi connectivity index (χ2v) is 6.38. The molecule has 0 aromatic heterocycles. The fourth-order valence-corrected chi connectivity index (χ4v) is 4.11. The van der Waals surface area contributed by atoms with Crippen LogP contribution in [0.5, 0.6) is 0 Å². The van der Waals surface area contributed by atoms with Gasteiger partial charge in [0.25, 0.3) is 0 Å². The minimum atomic E-state index is -3.41. The molecular formula is C12H13NO3S. The molecule has 1 fully saturated rings. The number of nitriles is 1. The molecule has 1 aromatic carbocycles. The second-order valence-electron chi connectivity index (χ2n) is 4.25. The number of hydrogen-bond donors (Lipinski definition) is 0. The number of benzene rings is 1. The average molecular weight is 251 g/mol. The lowest BCUT2D eigenvalue weighted by Crippen LogP contribution is -2.19. The first-order valence-electron chi connectivity index (χ1n) is 5.26. The molecule has 0 bridgehead atoms. The van der Waals surface area contributed by atoms with Gasteiger partial charge in [0.2, 0.25) is 0 Å². The van der Waals surface area contributed by atoms with Crippen LogP contribution in [0.25, 0.3) is 0 Å². The molecule has 0 heterocycles. The molecule has 0 amide bonds. The quantitative estimate of drug-likeness (QED) is 0.811. The summed E-state index contributed by atoms with van der Waals surface area (Å²) in [5.41, 5.74) is -0.858. The Hall–Kier alpha value is -1.38. The Bertz CT molecular complexity index is 547. The second kappa shape index (κ2) is 4.13. The lowest BCUT2D eigenvalue weighted by atomic mass is 10.1. The molecule has 17 heavy (non-hydrogen) atoms. The van der Waals surface area contributed by atoms with Crippen molar-refractivity contribution in [3.05, 3.63) is 30.3 Å². The van der Waals surface area contributed by atoms with Crippen molar-refractivity contribution < 1.29 is 13.2 Å². The van der Waals surface area contributed by atoms with Crippen LogP contribution in [-0.4, -0.2) is 27.4 Å². The zero-order valence-electron chi connectivity index (χ0n) is 9.46. The fourth-order valence-electron chi connectivity index (χ4n) is 2.01. The number of hydrogen-bond acceptors (Lipinski definition) is 4. The zero-order chi connectivity index (χ0) is 12.5. The van der Waals surface area contributed by atoms with Crippen molar-refractivity contribution in [2.24, 2.45) is 5.41 Å². The van der Waals surface area contributed by atoms with Gasteiger partial charge < -0.3 is 4.74 Å². The van der Waals surface area contributed by atoms with E-state index in [1.54, 1.807) is 30.3 Å². The van der Waals surface area contributed by atoms with Crippen LogP contribution >= 0.6 is 0 Å². The van der Waals surface area contributed by atoms with Gasteiger partial charge >= 0.3 is 0 Å². The van der Waals surface area contributed by atoms with Crippen LogP contribution in [0.4, 0.5) is 0 Å². The average Bonchev–Trinajstić information content (AvgIpc) is 3.07. The summed E-state index contributed by atoms with van der Waals surface area (Å²) < 4.78 is 29.4. The van der Waals surface area contributed by atoms with E-state index in [0.29, 0.717) is 6.42 Å². The van der Waals surface area contributed by atoms with Crippen LogP contribution < -0.4 is 0 Å². The van der Waals surface area contributed by atoms with Crippen LogP contribution in [0.15, 0.2) is 35.2 Å². The number of nitrogens with zero attached hydrogens (tertiary/aromatic N) is 1. The highest BCUT2D eigenvalue weighted by Gasteiger charge is 2.62. The van der Waals surface area contributed by atoms with E-state index in [2.05, 4.69) is 6.07 Å². The first-order valence-corrected chi connectivity index (χ1v) is 6.80. The zero-order valence-corrected chi connectivity index (χ0v) is 10.3. The molecule has 5 heteroatoms. The van der Waals surface area contributed by atoms with Crippen molar-refractivity contribution in [2.45, 2.75) is 16.6 Å². The van der Waals surface area contributed by atoms with Crippen LogP contribution in [0.3, 0.4) is 0 Å². The summed E-state index contributed by atoms with van der Waals surface area (Å²) in [4.78, 5) is 0.276. The Morgan fingerprint density at radius 2 is 2.12 bits per heavy atom. The predicted octanol–water partition coefficient (Wildman–Crippen LogP) is 1.39. The summed E-state index contributed by atoms with van der Waals surface area (Å²) in [7, 11) is -1.93. The van der Waals surface area contributed by atoms with Crippen LogP contribution in [0, 0.1) is 16.7 Å². The first kappa shape index (κ1) is 12.1. The van der Waals surface area contributed by atoms with Crippen molar-refractivity contribution >= 4 is 9.84 Å². The molecule has 1 aromatic rings. The summed E-state index contributed by atoms with van der Waals surface area (Å²) >= 11 is 0. The van der Waals surface area contributed by atoms with Crippen molar-refractivity contribution in [2.75, 3.05) is 13.7 Å². The highest BCUT2D eigenvalue weighted by Crippen LogP contribution is 2.52. The number of ether oxygens (including phenoxy) is 1. The molecule has 0 spiro atoms. The summed E-state index contributed by atoms with van der Waals surface area (Å²) in [6.07, 6.45) is 0.356. The van der Waals surface area contributed by atoms with E-state index in [4.69, 9.17) is 10.00 Å². The van der Waals surface area contributed by atoms with Gasteiger partial charge in [-0.3, -0.25) is 0 Å². The van der Waals surface area contributed by atoms with Gasteiger partial charge in [-0.05, 0) is 18.6 Å². The molecule has 2 atom stereocenters. The minimum Gasteiger partial charge on any atom is -0.383 e. The molecule has 2 rings (SSSR count). The Morgan fingerprint density at radius 3 is 2.65 bits per heavy atom. The van der Waals surface area contributed by atoms with E-state index in [9.17, 15) is 8.42 Å². The van der Waals surface area contributed by atoms with Gasteiger partial charge in [0.15, 0.2) is 9.84 Å². The molecule has 1 aliphatic carbocycles. The van der Waals surface area contributed by atoms with E-state index < -0.39 is 20.5 Å². The summed E-state index contributed by atoms with van der Waals surface area (Å²) in [6, 6.07) is 10.3. The maximum absolute atomic E-state index is 12.2. The van der Waals surface area contributed by atoms with E-state index >= 15 is 0 Å². The maximum Gasteiger partial charge on any atom is 0.182 e. The van der Waals surface area contributed by atoms with E-state index in [0.717, 1.165) is 0 Å². The number of methoxy groups -OCH3 is 1. The number of sulfone groups is 1. The van der Waals surface area contributed by atoms with E-state index in [1.807, 2.05) is 0 Å². The Balaban J connectivity index is 2.30. The molecular weight excluding hydrogens is 238 g/mol. The van der Waals surface area contributed by atoms with Crippen molar-refractivity contribution in [3.8, 4) is 6.07 Å². The van der Waals surface area contributed by atoms with Gasteiger partial charge in [0, 0.05) is 7.11 Å². The fraction of sp³-hybridized carbons (Fsp3) is 0.417. The largest absolute Gasteiger partial charge is 0.383 e. The Labute approximate surface area is 101 Å². The third kappa shape index (κ3) is 1.94. The van der Waals surface area contributed by atoms with E-state index in [-0.39, 0.29) is 11.5 Å². The third-order valence-electron chi connectivity index (χ3n) is 3.08. The van der Waals surface area contributed by atoms with Crippen molar-refractivity contribution in [3.63, 3.8) is 0 Å². The predicted molar refractivity (Wildman–Crippen MR) is 62.0 cm³/mol. The SMILES string of the molecule is COC[C@]1(C#N)C[C@H]1S(=O)(=O)c1ccccc1. The van der Waals surface area contributed by atoms with Crippen molar-refractivity contribution in [1.29, 1.82) is 5.26 Å². The molecule has 0 aliphatic heterocycles. The highest BCUT2D eigenvalue weighted by atomic mass is 32.2. The summed E-state index contributed by atoms with van der Waals surface area (Å²) in [5.74, 6) is 0. The van der Waals surface area contributed by atoms with Gasteiger partial charge in [-0.1, -0.05) is 18.2 Å². The monoisotopic (exact) mass is 251 g/mol. The molecule has 4 nitrogen and oxygen atoms in total. The smallest absolute Gasteiger partial charge is 0.182 e. The third-order valence-corrected chi connectivity index (χ3v) is 5.37. The van der Waals surface area contributed by atoms with E-state index in [1.165, 1.54) is 7.11 Å². The minimum absolute atomic E-state index is 0.167.